The van der Waals surface area contributed by atoms with Crippen molar-refractivity contribution in [3.63, 3.8) is 0 Å². The standard InChI is InChI=1S/C12H22N2O3/c1-12(2)16-7-8(17-12)6-14-11(15)9-4-3-5-10(9)13/h8-10H,3-7,13H2,1-2H3,(H,14,15). The van der Waals surface area contributed by atoms with E-state index in [0.29, 0.717) is 13.2 Å². The van der Waals surface area contributed by atoms with Gasteiger partial charge in [-0.15, -0.1) is 0 Å². The zero-order valence-corrected chi connectivity index (χ0v) is 10.6. The van der Waals surface area contributed by atoms with Crippen molar-refractivity contribution < 1.29 is 14.3 Å². The van der Waals surface area contributed by atoms with Crippen LogP contribution < -0.4 is 11.1 Å². The molecule has 1 amide bonds. The summed E-state index contributed by atoms with van der Waals surface area (Å²) in [5.74, 6) is -0.493. The van der Waals surface area contributed by atoms with Crippen LogP contribution in [0.4, 0.5) is 0 Å². The Hall–Kier alpha value is -0.650. The van der Waals surface area contributed by atoms with Crippen molar-refractivity contribution in [2.45, 2.75) is 51.0 Å². The second kappa shape index (κ2) is 4.92. The van der Waals surface area contributed by atoms with Gasteiger partial charge >= 0.3 is 0 Å². The maximum Gasteiger partial charge on any atom is 0.224 e. The number of rotatable bonds is 3. The summed E-state index contributed by atoms with van der Waals surface area (Å²) < 4.78 is 11.1. The van der Waals surface area contributed by atoms with Crippen LogP contribution in [-0.4, -0.2) is 37.0 Å². The van der Waals surface area contributed by atoms with Crippen LogP contribution in [0.1, 0.15) is 33.1 Å². The molecule has 3 atom stereocenters. The highest BCUT2D eigenvalue weighted by Crippen LogP contribution is 2.25. The molecule has 3 N–H and O–H groups in total. The lowest BCUT2D eigenvalue weighted by Gasteiger charge is -2.19. The number of hydrogen-bond acceptors (Lipinski definition) is 4. The van der Waals surface area contributed by atoms with Crippen molar-refractivity contribution in [1.29, 1.82) is 0 Å². The van der Waals surface area contributed by atoms with Gasteiger partial charge in [0, 0.05) is 12.6 Å². The number of ether oxygens (including phenoxy) is 2. The molecule has 0 spiro atoms. The molecule has 2 fully saturated rings. The van der Waals surface area contributed by atoms with Crippen molar-refractivity contribution in [3.8, 4) is 0 Å². The van der Waals surface area contributed by atoms with E-state index in [-0.39, 0.29) is 24.0 Å². The maximum atomic E-state index is 11.9. The van der Waals surface area contributed by atoms with Crippen LogP contribution in [-0.2, 0) is 14.3 Å². The van der Waals surface area contributed by atoms with Gasteiger partial charge in [-0.2, -0.15) is 0 Å². The predicted molar refractivity (Wildman–Crippen MR) is 63.2 cm³/mol. The van der Waals surface area contributed by atoms with E-state index in [1.807, 2.05) is 13.8 Å². The maximum absolute atomic E-state index is 11.9. The van der Waals surface area contributed by atoms with Gasteiger partial charge in [0.15, 0.2) is 5.79 Å². The van der Waals surface area contributed by atoms with Gasteiger partial charge in [0.25, 0.3) is 0 Å². The normalized spacial score (nSPS) is 36.1. The Morgan fingerprint density at radius 1 is 1.47 bits per heavy atom. The molecule has 17 heavy (non-hydrogen) atoms. The Labute approximate surface area is 102 Å². The molecule has 98 valence electrons. The molecule has 5 nitrogen and oxygen atoms in total. The average molecular weight is 242 g/mol. The SMILES string of the molecule is CC1(C)OCC(CNC(=O)C2CCCC2N)O1. The average Bonchev–Trinajstić information content (AvgIpc) is 2.81. The fourth-order valence-corrected chi connectivity index (χ4v) is 2.52. The molecule has 0 bridgehead atoms. The zero-order chi connectivity index (χ0) is 12.5. The van der Waals surface area contributed by atoms with Gasteiger partial charge in [0.2, 0.25) is 5.91 Å². The molecule has 0 aromatic rings. The number of carbonyl (C=O) groups is 1. The minimum absolute atomic E-state index is 0.0205. The van der Waals surface area contributed by atoms with Crippen LogP contribution in [0.2, 0.25) is 0 Å². The monoisotopic (exact) mass is 242 g/mol. The molecule has 0 aromatic heterocycles. The van der Waals surface area contributed by atoms with Crippen molar-refractivity contribution in [2.75, 3.05) is 13.2 Å². The van der Waals surface area contributed by atoms with E-state index in [2.05, 4.69) is 5.32 Å². The smallest absolute Gasteiger partial charge is 0.224 e. The first kappa shape index (κ1) is 12.8. The first-order valence-corrected chi connectivity index (χ1v) is 6.33. The largest absolute Gasteiger partial charge is 0.353 e. The van der Waals surface area contributed by atoms with Gasteiger partial charge in [-0.25, -0.2) is 0 Å². The molecular formula is C12H22N2O3. The van der Waals surface area contributed by atoms with Gasteiger partial charge in [-0.1, -0.05) is 6.42 Å². The third-order valence-corrected chi connectivity index (χ3v) is 3.48. The lowest BCUT2D eigenvalue weighted by Crippen LogP contribution is -2.42. The zero-order valence-electron chi connectivity index (χ0n) is 10.6. The second-order valence-electron chi connectivity index (χ2n) is 5.40. The van der Waals surface area contributed by atoms with Crippen LogP contribution in [0, 0.1) is 5.92 Å². The van der Waals surface area contributed by atoms with Crippen molar-refractivity contribution in [3.05, 3.63) is 0 Å². The summed E-state index contributed by atoms with van der Waals surface area (Å²) in [7, 11) is 0. The van der Waals surface area contributed by atoms with Gasteiger partial charge in [-0.05, 0) is 26.7 Å². The second-order valence-corrected chi connectivity index (χ2v) is 5.40. The minimum Gasteiger partial charge on any atom is -0.353 e. The first-order chi connectivity index (χ1) is 7.98. The lowest BCUT2D eigenvalue weighted by atomic mass is 10.0. The third-order valence-electron chi connectivity index (χ3n) is 3.48. The Balaban J connectivity index is 1.73. The molecule has 0 aromatic carbocycles. The van der Waals surface area contributed by atoms with Crippen molar-refractivity contribution in [1.82, 2.24) is 5.32 Å². The highest BCUT2D eigenvalue weighted by atomic mass is 16.7. The van der Waals surface area contributed by atoms with Crippen LogP contribution in [0.15, 0.2) is 0 Å². The first-order valence-electron chi connectivity index (χ1n) is 6.33. The predicted octanol–water partition coefficient (Wildman–Crippen LogP) is 0.382. The fraction of sp³-hybridized carbons (Fsp3) is 0.917. The van der Waals surface area contributed by atoms with Gasteiger partial charge in [0.05, 0.1) is 12.5 Å². The van der Waals surface area contributed by atoms with Crippen LogP contribution in [0.3, 0.4) is 0 Å². The highest BCUT2D eigenvalue weighted by Gasteiger charge is 2.34. The molecule has 1 aliphatic heterocycles. The van der Waals surface area contributed by atoms with Gasteiger partial charge in [0.1, 0.15) is 6.10 Å². The van der Waals surface area contributed by atoms with E-state index in [0.717, 1.165) is 19.3 Å². The summed E-state index contributed by atoms with van der Waals surface area (Å²) in [6.45, 7) is 4.79. The van der Waals surface area contributed by atoms with E-state index in [1.165, 1.54) is 0 Å². The number of carbonyl (C=O) groups excluding carboxylic acids is 1. The molecule has 2 aliphatic rings. The molecule has 3 unspecified atom stereocenters. The van der Waals surface area contributed by atoms with Crippen molar-refractivity contribution in [2.24, 2.45) is 11.7 Å². The van der Waals surface area contributed by atoms with E-state index >= 15 is 0 Å². The Morgan fingerprint density at radius 3 is 2.76 bits per heavy atom. The number of hydrogen-bond donors (Lipinski definition) is 2. The highest BCUT2D eigenvalue weighted by molar-refractivity contribution is 5.79. The third kappa shape index (κ3) is 3.18. The van der Waals surface area contributed by atoms with E-state index in [4.69, 9.17) is 15.2 Å². The quantitative estimate of drug-likeness (QED) is 0.750. The fourth-order valence-electron chi connectivity index (χ4n) is 2.52. The van der Waals surface area contributed by atoms with Gasteiger partial charge in [-0.3, -0.25) is 4.79 Å². The summed E-state index contributed by atoms with van der Waals surface area (Å²) in [5, 5.41) is 2.91. The van der Waals surface area contributed by atoms with Crippen LogP contribution in [0.5, 0.6) is 0 Å². The molecule has 1 heterocycles. The summed E-state index contributed by atoms with van der Waals surface area (Å²) in [6, 6.07) is 0.0205. The number of nitrogens with one attached hydrogen (secondary N) is 1. The summed E-state index contributed by atoms with van der Waals surface area (Å²) >= 11 is 0. The summed E-state index contributed by atoms with van der Waals surface area (Å²) in [4.78, 5) is 11.9. The molecule has 2 rings (SSSR count). The Bertz CT molecular complexity index is 293. The molecule has 1 saturated heterocycles. The van der Waals surface area contributed by atoms with E-state index < -0.39 is 5.79 Å². The lowest BCUT2D eigenvalue weighted by molar-refractivity contribution is -0.140. The molecular weight excluding hydrogens is 220 g/mol. The van der Waals surface area contributed by atoms with Crippen LogP contribution in [0.25, 0.3) is 0 Å². The molecule has 0 radical (unpaired) electrons. The van der Waals surface area contributed by atoms with E-state index in [9.17, 15) is 4.79 Å². The van der Waals surface area contributed by atoms with Crippen LogP contribution >= 0.6 is 0 Å². The summed E-state index contributed by atoms with van der Waals surface area (Å²) in [6.07, 6.45) is 2.86. The Morgan fingerprint density at radius 2 is 2.24 bits per heavy atom. The Kier molecular flexibility index (Phi) is 3.70. The minimum atomic E-state index is -0.529. The summed E-state index contributed by atoms with van der Waals surface area (Å²) in [5.41, 5.74) is 5.89. The van der Waals surface area contributed by atoms with Crippen molar-refractivity contribution >= 4 is 5.91 Å². The molecule has 1 aliphatic carbocycles. The van der Waals surface area contributed by atoms with E-state index in [1.54, 1.807) is 0 Å². The number of amides is 1. The molecule has 5 heteroatoms. The number of nitrogens with two attached hydrogens (primary N) is 1. The molecule has 1 saturated carbocycles. The topological polar surface area (TPSA) is 73.6 Å². The van der Waals surface area contributed by atoms with Gasteiger partial charge < -0.3 is 20.5 Å².